The number of rotatable bonds is 4. The molecule has 1 amide bonds. The zero-order valence-electron chi connectivity index (χ0n) is 14.4. The molecule has 0 saturated heterocycles. The maximum atomic E-state index is 12.5. The first-order chi connectivity index (χ1) is 11.5. The van der Waals surface area contributed by atoms with Crippen LogP contribution in [0.15, 0.2) is 24.3 Å². The van der Waals surface area contributed by atoms with Crippen LogP contribution in [0.5, 0.6) is 0 Å². The highest BCUT2D eigenvalue weighted by molar-refractivity contribution is 6.43. The second-order valence-electron chi connectivity index (χ2n) is 6.50. The second-order valence-corrected chi connectivity index (χ2v) is 6.50. The van der Waals surface area contributed by atoms with Gasteiger partial charge in [0.05, 0.1) is 11.3 Å². The van der Waals surface area contributed by atoms with E-state index in [2.05, 4.69) is 28.6 Å². The lowest BCUT2D eigenvalue weighted by Crippen LogP contribution is -2.35. The summed E-state index contributed by atoms with van der Waals surface area (Å²) in [6.07, 6.45) is 3.25. The van der Waals surface area contributed by atoms with Crippen molar-refractivity contribution in [3.8, 4) is 0 Å². The number of amides is 1. The quantitative estimate of drug-likeness (QED) is 0.694. The fraction of sp³-hybridized carbons (Fsp3) is 0.421. The Kier molecular flexibility index (Phi) is 4.51. The van der Waals surface area contributed by atoms with E-state index in [-0.39, 0.29) is 5.92 Å². The standard InChI is InChI=1S/C19H23N3O2/c1-12-17(13(2)22(3)21-12)18(23)19(24)20-11-15-9-6-8-14-7-4-5-10-16(14)15/h4-5,7,10,15H,6,8-9,11H2,1-3H3,(H,20,24). The molecule has 0 saturated carbocycles. The Balaban J connectivity index is 1.69. The predicted molar refractivity (Wildman–Crippen MR) is 92.1 cm³/mol. The molecular weight excluding hydrogens is 302 g/mol. The molecule has 1 aliphatic rings. The van der Waals surface area contributed by atoms with Crippen LogP contribution in [-0.4, -0.2) is 28.0 Å². The zero-order chi connectivity index (χ0) is 17.3. The number of aryl methyl sites for hydroxylation is 3. The smallest absolute Gasteiger partial charge is 0.292 e. The first kappa shape index (κ1) is 16.4. The lowest BCUT2D eigenvalue weighted by molar-refractivity contribution is -0.117. The summed E-state index contributed by atoms with van der Waals surface area (Å²) in [5.41, 5.74) is 4.38. The summed E-state index contributed by atoms with van der Waals surface area (Å²) >= 11 is 0. The van der Waals surface area contributed by atoms with E-state index in [1.807, 2.05) is 6.07 Å². The Hall–Kier alpha value is -2.43. The molecule has 24 heavy (non-hydrogen) atoms. The van der Waals surface area contributed by atoms with Crippen molar-refractivity contribution >= 4 is 11.7 Å². The van der Waals surface area contributed by atoms with Gasteiger partial charge < -0.3 is 5.32 Å². The van der Waals surface area contributed by atoms with E-state index >= 15 is 0 Å². The van der Waals surface area contributed by atoms with E-state index < -0.39 is 11.7 Å². The van der Waals surface area contributed by atoms with Gasteiger partial charge in [-0.05, 0) is 44.2 Å². The molecule has 1 heterocycles. The van der Waals surface area contributed by atoms with Crippen molar-refractivity contribution in [1.29, 1.82) is 0 Å². The van der Waals surface area contributed by atoms with Crippen molar-refractivity contribution < 1.29 is 9.59 Å². The Bertz CT molecular complexity index is 792. The first-order valence-corrected chi connectivity index (χ1v) is 8.39. The van der Waals surface area contributed by atoms with Crippen LogP contribution in [0.3, 0.4) is 0 Å². The van der Waals surface area contributed by atoms with Gasteiger partial charge >= 0.3 is 0 Å². The number of Topliss-reactive ketones (excluding diaryl/α,β-unsaturated/α-hetero) is 1. The van der Waals surface area contributed by atoms with Crippen LogP contribution in [0.2, 0.25) is 0 Å². The number of nitrogens with one attached hydrogen (secondary N) is 1. The summed E-state index contributed by atoms with van der Waals surface area (Å²) in [6.45, 7) is 4.06. The molecule has 1 aromatic carbocycles. The van der Waals surface area contributed by atoms with Crippen molar-refractivity contribution in [2.24, 2.45) is 7.05 Å². The van der Waals surface area contributed by atoms with E-state index in [0.29, 0.717) is 17.8 Å². The van der Waals surface area contributed by atoms with Crippen LogP contribution in [0.25, 0.3) is 0 Å². The van der Waals surface area contributed by atoms with Gasteiger partial charge in [-0.25, -0.2) is 0 Å². The molecule has 2 aromatic rings. The molecule has 1 aromatic heterocycles. The molecule has 1 unspecified atom stereocenters. The molecule has 1 aliphatic carbocycles. The highest BCUT2D eigenvalue weighted by atomic mass is 16.2. The molecule has 126 valence electrons. The topological polar surface area (TPSA) is 64.0 Å². The lowest BCUT2D eigenvalue weighted by Gasteiger charge is -2.25. The largest absolute Gasteiger partial charge is 0.349 e. The van der Waals surface area contributed by atoms with E-state index in [4.69, 9.17) is 0 Å². The lowest BCUT2D eigenvalue weighted by atomic mass is 9.83. The van der Waals surface area contributed by atoms with E-state index in [0.717, 1.165) is 25.0 Å². The van der Waals surface area contributed by atoms with E-state index in [1.165, 1.54) is 11.1 Å². The van der Waals surface area contributed by atoms with Gasteiger partial charge in [-0.15, -0.1) is 0 Å². The van der Waals surface area contributed by atoms with Crippen LogP contribution in [0.4, 0.5) is 0 Å². The van der Waals surface area contributed by atoms with Gasteiger partial charge in [0.15, 0.2) is 0 Å². The van der Waals surface area contributed by atoms with Gasteiger partial charge in [0.2, 0.25) is 0 Å². The molecule has 1 atom stereocenters. The monoisotopic (exact) mass is 325 g/mol. The van der Waals surface area contributed by atoms with Crippen molar-refractivity contribution in [1.82, 2.24) is 15.1 Å². The van der Waals surface area contributed by atoms with Crippen molar-refractivity contribution in [3.63, 3.8) is 0 Å². The molecule has 1 N–H and O–H groups in total. The van der Waals surface area contributed by atoms with Crippen LogP contribution in [-0.2, 0) is 18.3 Å². The zero-order valence-corrected chi connectivity index (χ0v) is 14.4. The number of aromatic nitrogens is 2. The number of fused-ring (bicyclic) bond motifs is 1. The molecule has 5 nitrogen and oxygen atoms in total. The van der Waals surface area contributed by atoms with Crippen LogP contribution in [0.1, 0.15) is 51.6 Å². The molecule has 0 spiro atoms. The Morgan fingerprint density at radius 3 is 2.75 bits per heavy atom. The normalized spacial score (nSPS) is 16.5. The minimum Gasteiger partial charge on any atom is -0.349 e. The summed E-state index contributed by atoms with van der Waals surface area (Å²) in [5.74, 6) is -0.762. The molecule has 0 aliphatic heterocycles. The number of benzene rings is 1. The Morgan fingerprint density at radius 1 is 1.29 bits per heavy atom. The SMILES string of the molecule is Cc1nn(C)c(C)c1C(=O)C(=O)NCC1CCCc2ccccc21. The maximum absolute atomic E-state index is 12.5. The van der Waals surface area contributed by atoms with Gasteiger partial charge in [0.1, 0.15) is 0 Å². The molecule has 0 fully saturated rings. The summed E-state index contributed by atoms with van der Waals surface area (Å²) in [4.78, 5) is 24.8. The molecule has 5 heteroatoms. The Labute approximate surface area is 142 Å². The van der Waals surface area contributed by atoms with Crippen LogP contribution < -0.4 is 5.32 Å². The number of carbonyl (C=O) groups is 2. The minimum atomic E-state index is -0.544. The average Bonchev–Trinajstić information content (AvgIpc) is 2.84. The third kappa shape index (κ3) is 2.98. The van der Waals surface area contributed by atoms with Crippen molar-refractivity contribution in [2.75, 3.05) is 6.54 Å². The fourth-order valence-corrected chi connectivity index (χ4v) is 3.58. The number of nitrogens with zero attached hydrogens (tertiary/aromatic N) is 2. The van der Waals surface area contributed by atoms with E-state index in [1.54, 1.807) is 25.6 Å². The van der Waals surface area contributed by atoms with Gasteiger partial charge in [-0.1, -0.05) is 24.3 Å². The number of hydrogen-bond donors (Lipinski definition) is 1. The highest BCUT2D eigenvalue weighted by Gasteiger charge is 2.25. The molecular formula is C19H23N3O2. The van der Waals surface area contributed by atoms with Gasteiger partial charge in [-0.2, -0.15) is 5.10 Å². The first-order valence-electron chi connectivity index (χ1n) is 8.39. The van der Waals surface area contributed by atoms with Crippen molar-refractivity contribution in [3.05, 3.63) is 52.3 Å². The predicted octanol–water partition coefficient (Wildman–Crippen LogP) is 2.46. The minimum absolute atomic E-state index is 0.280. The number of carbonyl (C=O) groups excluding carboxylic acids is 2. The molecule has 0 bridgehead atoms. The van der Waals surface area contributed by atoms with E-state index in [9.17, 15) is 9.59 Å². The summed E-state index contributed by atoms with van der Waals surface area (Å²) in [5, 5.41) is 7.04. The van der Waals surface area contributed by atoms with Crippen molar-refractivity contribution in [2.45, 2.75) is 39.0 Å². The number of ketones is 1. The van der Waals surface area contributed by atoms with Crippen LogP contribution >= 0.6 is 0 Å². The summed E-state index contributed by atoms with van der Waals surface area (Å²) in [6, 6.07) is 8.36. The molecule has 3 rings (SSSR count). The maximum Gasteiger partial charge on any atom is 0.292 e. The summed E-state index contributed by atoms with van der Waals surface area (Å²) in [7, 11) is 1.77. The van der Waals surface area contributed by atoms with Gasteiger partial charge in [-0.3, -0.25) is 14.3 Å². The summed E-state index contributed by atoms with van der Waals surface area (Å²) < 4.78 is 1.63. The van der Waals surface area contributed by atoms with Crippen LogP contribution in [0, 0.1) is 13.8 Å². The fourth-order valence-electron chi connectivity index (χ4n) is 3.58. The van der Waals surface area contributed by atoms with Gasteiger partial charge in [0.25, 0.3) is 11.7 Å². The second kappa shape index (κ2) is 6.59. The Morgan fingerprint density at radius 2 is 2.04 bits per heavy atom. The third-order valence-corrected chi connectivity index (χ3v) is 4.94. The average molecular weight is 325 g/mol. The number of hydrogen-bond acceptors (Lipinski definition) is 3. The highest BCUT2D eigenvalue weighted by Crippen LogP contribution is 2.30. The molecule has 0 radical (unpaired) electrons. The van der Waals surface area contributed by atoms with Gasteiger partial charge in [0, 0.05) is 25.2 Å². The third-order valence-electron chi connectivity index (χ3n) is 4.94.